The van der Waals surface area contributed by atoms with E-state index in [1.807, 2.05) is 0 Å². The van der Waals surface area contributed by atoms with E-state index in [0.29, 0.717) is 0 Å². The molecule has 0 aromatic rings. The average molecular weight is 195 g/mol. The van der Waals surface area contributed by atoms with Crippen molar-refractivity contribution in [1.82, 2.24) is 0 Å². The van der Waals surface area contributed by atoms with Crippen LogP contribution >= 0.6 is 7.60 Å². The fraction of sp³-hybridized carbons (Fsp3) is 0.800. The molecule has 0 aliphatic heterocycles. The molecule has 0 aromatic heterocycles. The van der Waals surface area contributed by atoms with Gasteiger partial charge >= 0.3 is 13.6 Å². The van der Waals surface area contributed by atoms with Crippen molar-refractivity contribution in [2.75, 3.05) is 6.16 Å². The zero-order chi connectivity index (χ0) is 9.57. The van der Waals surface area contributed by atoms with Crippen molar-refractivity contribution in [3.63, 3.8) is 0 Å². The number of carboxylic acids is 1. The summed E-state index contributed by atoms with van der Waals surface area (Å²) in [6.45, 7) is 0. The first kappa shape index (κ1) is 9.67. The lowest BCUT2D eigenvalue weighted by molar-refractivity contribution is -0.139. The van der Waals surface area contributed by atoms with Crippen LogP contribution in [0.3, 0.4) is 0 Å². The lowest BCUT2D eigenvalue weighted by Gasteiger charge is -2.05. The molecule has 0 amide bonds. The number of hydrogen-bond acceptors (Lipinski definition) is 3. The van der Waals surface area contributed by atoms with Gasteiger partial charge in [-0.25, -0.2) is 0 Å². The number of hydrogen-bond donors (Lipinski definition) is 4. The van der Waals surface area contributed by atoms with E-state index in [1.54, 1.807) is 0 Å². The Kier molecular flexibility index (Phi) is 2.04. The third-order valence-electron chi connectivity index (χ3n) is 2.01. The van der Waals surface area contributed by atoms with Crippen LogP contribution in [0, 0.1) is 5.92 Å². The lowest BCUT2D eigenvalue weighted by Crippen LogP contribution is -2.35. The Balaban J connectivity index is 2.54. The summed E-state index contributed by atoms with van der Waals surface area (Å²) in [6, 6.07) is 0. The number of carboxylic acid groups (broad SMARTS) is 1. The second kappa shape index (κ2) is 2.53. The molecule has 7 heteroatoms. The molecule has 0 radical (unpaired) electrons. The highest BCUT2D eigenvalue weighted by Gasteiger charge is 2.59. The fourth-order valence-electron chi connectivity index (χ4n) is 1.13. The second-order valence-electron chi connectivity index (χ2n) is 3.09. The predicted octanol–water partition coefficient (Wildman–Crippen LogP) is -1.03. The van der Waals surface area contributed by atoms with Gasteiger partial charge in [-0.1, -0.05) is 0 Å². The van der Waals surface area contributed by atoms with E-state index in [1.165, 1.54) is 0 Å². The zero-order valence-electron chi connectivity index (χ0n) is 6.17. The van der Waals surface area contributed by atoms with Crippen molar-refractivity contribution in [3.8, 4) is 0 Å². The molecular weight excluding hydrogens is 185 g/mol. The van der Waals surface area contributed by atoms with Crippen LogP contribution in [0.5, 0.6) is 0 Å². The molecule has 70 valence electrons. The van der Waals surface area contributed by atoms with Gasteiger partial charge in [0, 0.05) is 5.92 Å². The van der Waals surface area contributed by atoms with Crippen molar-refractivity contribution in [1.29, 1.82) is 0 Å². The monoisotopic (exact) mass is 195 g/mol. The molecule has 5 N–H and O–H groups in total. The van der Waals surface area contributed by atoms with Crippen molar-refractivity contribution >= 4 is 13.6 Å². The lowest BCUT2D eigenvalue weighted by atomic mass is 10.2. The van der Waals surface area contributed by atoms with Gasteiger partial charge in [0.25, 0.3) is 0 Å². The Bertz CT molecular complexity index is 261. The minimum absolute atomic E-state index is 0.146. The number of aliphatic carboxylic acids is 1. The van der Waals surface area contributed by atoms with E-state index in [2.05, 4.69) is 0 Å². The molecule has 0 unspecified atom stereocenters. The second-order valence-corrected chi connectivity index (χ2v) is 4.79. The molecule has 1 fully saturated rings. The first-order chi connectivity index (χ1) is 5.26. The molecular formula is C5H10NO5P. The number of nitrogens with two attached hydrogens (primary N) is 1. The minimum Gasteiger partial charge on any atom is -0.480 e. The summed E-state index contributed by atoms with van der Waals surface area (Å²) in [7, 11) is -4.12. The molecule has 1 aliphatic rings. The van der Waals surface area contributed by atoms with Gasteiger partial charge in [0.05, 0.1) is 6.16 Å². The van der Waals surface area contributed by atoms with E-state index in [-0.39, 0.29) is 6.42 Å². The molecule has 0 spiro atoms. The normalized spacial score (nSPS) is 34.8. The molecule has 1 rings (SSSR count). The Morgan fingerprint density at radius 1 is 1.67 bits per heavy atom. The van der Waals surface area contributed by atoms with Gasteiger partial charge in [-0.2, -0.15) is 0 Å². The van der Waals surface area contributed by atoms with Gasteiger partial charge in [0.1, 0.15) is 5.54 Å². The maximum atomic E-state index is 10.4. The Hall–Kier alpha value is -0.420. The summed E-state index contributed by atoms with van der Waals surface area (Å²) in [4.78, 5) is 27.4. The molecule has 2 atom stereocenters. The van der Waals surface area contributed by atoms with Crippen molar-refractivity contribution in [2.45, 2.75) is 12.0 Å². The standard InChI is InChI=1S/C5H10NO5P/c6-5(4(7)8)1-3(5)2-12(9,10)11/h3H,1-2,6H2,(H,7,8)(H2,9,10,11)/t3-,5-/m0/s1. The summed E-state index contributed by atoms with van der Waals surface area (Å²) in [5.41, 5.74) is 3.90. The molecule has 1 saturated carbocycles. The van der Waals surface area contributed by atoms with E-state index in [4.69, 9.17) is 20.6 Å². The molecule has 0 bridgehead atoms. The van der Waals surface area contributed by atoms with Gasteiger partial charge in [0.2, 0.25) is 0 Å². The number of carbonyl (C=O) groups is 1. The van der Waals surface area contributed by atoms with Crippen LogP contribution in [-0.4, -0.2) is 32.6 Å². The van der Waals surface area contributed by atoms with Crippen LogP contribution in [0.4, 0.5) is 0 Å². The van der Waals surface area contributed by atoms with Gasteiger partial charge in [-0.15, -0.1) is 0 Å². The third kappa shape index (κ3) is 1.84. The highest BCUT2D eigenvalue weighted by Crippen LogP contribution is 2.50. The smallest absolute Gasteiger partial charge is 0.325 e. The quantitative estimate of drug-likeness (QED) is 0.427. The third-order valence-corrected chi connectivity index (χ3v) is 2.93. The van der Waals surface area contributed by atoms with Crippen molar-refractivity contribution in [2.24, 2.45) is 11.7 Å². The molecule has 1 aliphatic carbocycles. The Labute approximate surface area is 68.5 Å². The summed E-state index contributed by atoms with van der Waals surface area (Å²) < 4.78 is 10.4. The zero-order valence-corrected chi connectivity index (χ0v) is 7.07. The van der Waals surface area contributed by atoms with Crippen LogP contribution in [0.1, 0.15) is 6.42 Å². The highest BCUT2D eigenvalue weighted by molar-refractivity contribution is 7.51. The summed E-state index contributed by atoms with van der Waals surface area (Å²) in [6.07, 6.45) is -0.288. The van der Waals surface area contributed by atoms with E-state index >= 15 is 0 Å². The average Bonchev–Trinajstić information content (AvgIpc) is 2.38. The van der Waals surface area contributed by atoms with Crippen LogP contribution in [0.2, 0.25) is 0 Å². The molecule has 0 heterocycles. The van der Waals surface area contributed by atoms with Gasteiger partial charge in [-0.3, -0.25) is 9.36 Å². The van der Waals surface area contributed by atoms with Gasteiger partial charge in [-0.05, 0) is 6.42 Å². The highest BCUT2D eigenvalue weighted by atomic mass is 31.2. The molecule has 6 nitrogen and oxygen atoms in total. The molecule has 0 aromatic carbocycles. The fourth-order valence-corrected chi connectivity index (χ4v) is 2.15. The summed E-state index contributed by atoms with van der Waals surface area (Å²) >= 11 is 0. The van der Waals surface area contributed by atoms with Crippen LogP contribution in [0.15, 0.2) is 0 Å². The van der Waals surface area contributed by atoms with Crippen LogP contribution in [-0.2, 0) is 9.36 Å². The predicted molar refractivity (Wildman–Crippen MR) is 39.6 cm³/mol. The van der Waals surface area contributed by atoms with Gasteiger partial charge < -0.3 is 20.6 Å². The Morgan fingerprint density at radius 3 is 2.42 bits per heavy atom. The minimum atomic E-state index is -4.12. The van der Waals surface area contributed by atoms with Crippen molar-refractivity contribution in [3.05, 3.63) is 0 Å². The van der Waals surface area contributed by atoms with Crippen LogP contribution in [0.25, 0.3) is 0 Å². The van der Waals surface area contributed by atoms with Crippen LogP contribution < -0.4 is 5.73 Å². The van der Waals surface area contributed by atoms with E-state index < -0.39 is 31.2 Å². The van der Waals surface area contributed by atoms with E-state index in [0.717, 1.165) is 0 Å². The summed E-state index contributed by atoms with van der Waals surface area (Å²) in [5, 5.41) is 8.50. The summed E-state index contributed by atoms with van der Waals surface area (Å²) in [5.74, 6) is -1.78. The van der Waals surface area contributed by atoms with E-state index in [9.17, 15) is 9.36 Å². The topological polar surface area (TPSA) is 121 Å². The first-order valence-electron chi connectivity index (χ1n) is 3.32. The Morgan fingerprint density at radius 2 is 2.17 bits per heavy atom. The molecule has 12 heavy (non-hydrogen) atoms. The molecule has 0 saturated heterocycles. The first-order valence-corrected chi connectivity index (χ1v) is 5.12. The van der Waals surface area contributed by atoms with Gasteiger partial charge in [0.15, 0.2) is 0 Å². The SMILES string of the molecule is N[C@@]1(C(=O)O)C[C@H]1CP(=O)(O)O. The maximum absolute atomic E-state index is 10.4. The van der Waals surface area contributed by atoms with Crippen molar-refractivity contribution < 1.29 is 24.3 Å². The largest absolute Gasteiger partial charge is 0.480 e. The number of rotatable bonds is 3. The maximum Gasteiger partial charge on any atom is 0.325 e.